The van der Waals surface area contributed by atoms with Crippen molar-refractivity contribution in [2.75, 3.05) is 20.1 Å². The summed E-state index contributed by atoms with van der Waals surface area (Å²) >= 11 is 1.38. The van der Waals surface area contributed by atoms with Crippen molar-refractivity contribution in [3.05, 3.63) is 39.3 Å². The molecule has 118 valence electrons. The Morgan fingerprint density at radius 3 is 2.86 bits per heavy atom. The zero-order valence-corrected chi connectivity index (χ0v) is 13.6. The Kier molecular flexibility index (Phi) is 5.00. The SMILES string of the molecule is CN(C(=O)c1cc2cc([N+](=O)[O-])ccc2s1)C1CCNC1.Cl. The van der Waals surface area contributed by atoms with Gasteiger partial charge in [0.15, 0.2) is 0 Å². The molecule has 0 saturated carbocycles. The highest BCUT2D eigenvalue weighted by molar-refractivity contribution is 7.20. The maximum absolute atomic E-state index is 12.5. The second-order valence-electron chi connectivity index (χ2n) is 5.15. The maximum Gasteiger partial charge on any atom is 0.270 e. The van der Waals surface area contributed by atoms with Gasteiger partial charge in [-0.3, -0.25) is 14.9 Å². The van der Waals surface area contributed by atoms with Crippen LogP contribution in [0, 0.1) is 10.1 Å². The first-order valence-electron chi connectivity index (χ1n) is 6.72. The lowest BCUT2D eigenvalue weighted by Crippen LogP contribution is -2.37. The number of nitrogens with zero attached hydrogens (tertiary/aromatic N) is 2. The number of carbonyl (C=O) groups is 1. The third-order valence-electron chi connectivity index (χ3n) is 3.82. The van der Waals surface area contributed by atoms with Crippen molar-refractivity contribution in [2.45, 2.75) is 12.5 Å². The van der Waals surface area contributed by atoms with Crippen molar-refractivity contribution in [1.29, 1.82) is 0 Å². The molecule has 1 aliphatic rings. The van der Waals surface area contributed by atoms with Gasteiger partial charge in [-0.05, 0) is 25.1 Å². The van der Waals surface area contributed by atoms with E-state index >= 15 is 0 Å². The second kappa shape index (κ2) is 6.60. The molecule has 1 N–H and O–H groups in total. The number of halogens is 1. The van der Waals surface area contributed by atoms with Gasteiger partial charge in [-0.15, -0.1) is 23.7 Å². The van der Waals surface area contributed by atoms with Gasteiger partial charge in [-0.25, -0.2) is 0 Å². The summed E-state index contributed by atoms with van der Waals surface area (Å²) in [7, 11) is 1.81. The number of rotatable bonds is 3. The molecule has 8 heteroatoms. The molecule has 6 nitrogen and oxygen atoms in total. The van der Waals surface area contributed by atoms with Crippen LogP contribution in [0.5, 0.6) is 0 Å². The van der Waals surface area contributed by atoms with Gasteiger partial charge in [0.25, 0.3) is 11.6 Å². The quantitative estimate of drug-likeness (QED) is 0.688. The van der Waals surface area contributed by atoms with Crippen LogP contribution >= 0.6 is 23.7 Å². The third-order valence-corrected chi connectivity index (χ3v) is 4.93. The van der Waals surface area contributed by atoms with Crippen molar-refractivity contribution in [1.82, 2.24) is 10.2 Å². The van der Waals surface area contributed by atoms with Crippen molar-refractivity contribution >= 4 is 45.4 Å². The molecular weight excluding hydrogens is 326 g/mol. The number of nitro groups is 1. The summed E-state index contributed by atoms with van der Waals surface area (Å²) in [5.74, 6) is -0.0208. The molecule has 0 spiro atoms. The van der Waals surface area contributed by atoms with Crippen LogP contribution in [0.1, 0.15) is 16.1 Å². The van der Waals surface area contributed by atoms with Crippen molar-refractivity contribution in [3.63, 3.8) is 0 Å². The fourth-order valence-corrected chi connectivity index (χ4v) is 3.59. The molecule has 2 heterocycles. The molecule has 1 amide bonds. The molecule has 22 heavy (non-hydrogen) atoms. The topological polar surface area (TPSA) is 75.5 Å². The summed E-state index contributed by atoms with van der Waals surface area (Å²) in [4.78, 5) is 25.3. The minimum Gasteiger partial charge on any atom is -0.337 e. The van der Waals surface area contributed by atoms with Crippen molar-refractivity contribution < 1.29 is 9.72 Å². The number of hydrogen-bond donors (Lipinski definition) is 1. The zero-order chi connectivity index (χ0) is 15.0. The molecule has 1 aliphatic heterocycles. The summed E-state index contributed by atoms with van der Waals surface area (Å²) in [6.45, 7) is 1.75. The number of non-ortho nitro benzene ring substituents is 1. The lowest BCUT2D eigenvalue weighted by molar-refractivity contribution is -0.384. The predicted molar refractivity (Wildman–Crippen MR) is 89.1 cm³/mol. The molecule has 0 radical (unpaired) electrons. The Balaban J connectivity index is 0.00000176. The van der Waals surface area contributed by atoms with Gasteiger partial charge < -0.3 is 10.2 Å². The highest BCUT2D eigenvalue weighted by Gasteiger charge is 2.25. The standard InChI is InChI=1S/C14H15N3O3S.ClH/c1-16(11-4-5-15-8-11)14(18)13-7-9-6-10(17(19)20)2-3-12(9)21-13;/h2-3,6-7,11,15H,4-5,8H2,1H3;1H. The monoisotopic (exact) mass is 341 g/mol. The van der Waals surface area contributed by atoms with Gasteiger partial charge in [-0.1, -0.05) is 0 Å². The van der Waals surface area contributed by atoms with E-state index in [0.717, 1.165) is 29.6 Å². The van der Waals surface area contributed by atoms with Crippen LogP contribution in [-0.2, 0) is 0 Å². The molecule has 0 bridgehead atoms. The van der Waals surface area contributed by atoms with Gasteiger partial charge in [0.2, 0.25) is 0 Å². The van der Waals surface area contributed by atoms with E-state index in [2.05, 4.69) is 5.32 Å². The number of likely N-dealkylation sites (N-methyl/N-ethyl adjacent to an activating group) is 1. The number of thiophene rings is 1. The minimum atomic E-state index is -0.422. The van der Waals surface area contributed by atoms with E-state index < -0.39 is 4.92 Å². The van der Waals surface area contributed by atoms with E-state index in [1.807, 2.05) is 7.05 Å². The average molecular weight is 342 g/mol. The van der Waals surface area contributed by atoms with E-state index in [0.29, 0.717) is 4.88 Å². The molecule has 3 rings (SSSR count). The van der Waals surface area contributed by atoms with Gasteiger partial charge in [0.05, 0.1) is 9.80 Å². The van der Waals surface area contributed by atoms with E-state index in [1.165, 1.54) is 23.5 Å². The van der Waals surface area contributed by atoms with Crippen LogP contribution in [0.2, 0.25) is 0 Å². The number of benzene rings is 1. The Morgan fingerprint density at radius 1 is 1.45 bits per heavy atom. The zero-order valence-electron chi connectivity index (χ0n) is 11.9. The third kappa shape index (κ3) is 3.06. The van der Waals surface area contributed by atoms with E-state index in [-0.39, 0.29) is 30.0 Å². The molecular formula is C14H16ClN3O3S. The van der Waals surface area contributed by atoms with E-state index in [4.69, 9.17) is 0 Å². The summed E-state index contributed by atoms with van der Waals surface area (Å²) in [6, 6.07) is 6.65. The normalized spacial score (nSPS) is 17.2. The molecule has 1 aromatic heterocycles. The largest absolute Gasteiger partial charge is 0.337 e. The number of amides is 1. The fraction of sp³-hybridized carbons (Fsp3) is 0.357. The Hall–Kier alpha value is -1.70. The Morgan fingerprint density at radius 2 is 2.23 bits per heavy atom. The molecule has 1 atom stereocenters. The molecule has 0 aliphatic carbocycles. The smallest absolute Gasteiger partial charge is 0.270 e. The Labute approximate surface area is 137 Å². The molecule has 1 fully saturated rings. The highest BCUT2D eigenvalue weighted by atomic mass is 35.5. The van der Waals surface area contributed by atoms with Gasteiger partial charge in [0, 0.05) is 41.9 Å². The summed E-state index contributed by atoms with van der Waals surface area (Å²) in [5, 5.41) is 14.8. The van der Waals surface area contributed by atoms with E-state index in [9.17, 15) is 14.9 Å². The average Bonchev–Trinajstić information content (AvgIpc) is 3.13. The molecule has 1 aromatic carbocycles. The fourth-order valence-electron chi connectivity index (χ4n) is 2.56. The minimum absolute atomic E-state index is 0. The molecule has 1 unspecified atom stereocenters. The van der Waals surface area contributed by atoms with E-state index in [1.54, 1.807) is 17.0 Å². The number of carbonyl (C=O) groups excluding carboxylic acids is 1. The van der Waals surface area contributed by atoms with Gasteiger partial charge in [-0.2, -0.15) is 0 Å². The first-order chi connectivity index (χ1) is 10.1. The van der Waals surface area contributed by atoms with Crippen LogP contribution in [0.15, 0.2) is 24.3 Å². The van der Waals surface area contributed by atoms with Crippen LogP contribution in [0.3, 0.4) is 0 Å². The number of hydrogen-bond acceptors (Lipinski definition) is 5. The van der Waals surface area contributed by atoms with Crippen LogP contribution < -0.4 is 5.32 Å². The second-order valence-corrected chi connectivity index (χ2v) is 6.24. The van der Waals surface area contributed by atoms with Crippen molar-refractivity contribution in [3.8, 4) is 0 Å². The summed E-state index contributed by atoms with van der Waals surface area (Å²) < 4.78 is 0.891. The summed E-state index contributed by atoms with van der Waals surface area (Å²) in [6.07, 6.45) is 0.957. The van der Waals surface area contributed by atoms with Gasteiger partial charge >= 0.3 is 0 Å². The Bertz CT molecular complexity index is 712. The number of fused-ring (bicyclic) bond motifs is 1. The van der Waals surface area contributed by atoms with Crippen LogP contribution in [0.25, 0.3) is 10.1 Å². The van der Waals surface area contributed by atoms with Crippen LogP contribution in [-0.4, -0.2) is 41.9 Å². The van der Waals surface area contributed by atoms with Gasteiger partial charge in [0.1, 0.15) is 0 Å². The summed E-state index contributed by atoms with van der Waals surface area (Å²) in [5.41, 5.74) is 0.0487. The van der Waals surface area contributed by atoms with Crippen molar-refractivity contribution in [2.24, 2.45) is 0 Å². The maximum atomic E-state index is 12.5. The lowest BCUT2D eigenvalue weighted by atomic mass is 10.2. The molecule has 2 aromatic rings. The number of nitro benzene ring substituents is 1. The lowest BCUT2D eigenvalue weighted by Gasteiger charge is -2.22. The first kappa shape index (κ1) is 16.7. The molecule has 1 saturated heterocycles. The first-order valence-corrected chi connectivity index (χ1v) is 7.54. The predicted octanol–water partition coefficient (Wildman–Crippen LogP) is 2.67. The number of nitrogens with one attached hydrogen (secondary N) is 1. The van der Waals surface area contributed by atoms with Crippen LogP contribution in [0.4, 0.5) is 5.69 Å². The highest BCUT2D eigenvalue weighted by Crippen LogP contribution is 2.30.